The number of aliphatic hydroxyl groups excluding tert-OH is 5. The molecule has 5 N–H and O–H groups in total. The van der Waals surface area contributed by atoms with Crippen LogP contribution in [-0.4, -0.2) is 185 Å². The molecule has 0 radical (unpaired) electrons. The molecule has 18 rings (SSSR count). The van der Waals surface area contributed by atoms with Crippen LogP contribution >= 0.6 is 8.38 Å². The molecule has 6 aliphatic heterocycles. The summed E-state index contributed by atoms with van der Waals surface area (Å²) in [5.41, 5.74) is 3.60. The molecule has 12 bridgehead atoms. The first-order valence-corrected chi connectivity index (χ1v) is 54.4. The predicted molar refractivity (Wildman–Crippen MR) is 540 cm³/mol. The average molecular weight is 3340 g/mol. The van der Waals surface area contributed by atoms with Crippen molar-refractivity contribution in [1.29, 1.82) is 0 Å². The minimum Gasteiger partial charge on any atom is -0.545 e. The van der Waals surface area contributed by atoms with Crippen molar-refractivity contribution in [3.8, 4) is 0 Å². The van der Waals surface area contributed by atoms with Gasteiger partial charge in [0.1, 0.15) is 6.61 Å². The molecule has 0 amide bonds. The van der Waals surface area contributed by atoms with Crippen molar-refractivity contribution in [2.24, 2.45) is 41.4 Å². The molecule has 6 saturated carbocycles. The van der Waals surface area contributed by atoms with Crippen molar-refractivity contribution in [3.63, 3.8) is 0 Å². The van der Waals surface area contributed by atoms with Crippen LogP contribution in [0, 0.1) is 274 Å². The molecule has 140 heavy (non-hydrogen) atoms. The SMILES string of the molecule is C=C1C[C@@]2(CC)O[CH-][C@@H]1[C@H]2O.C=C1C[C@@]2(CO)O[CH-][C@@H]1[C@H]2O.C=C1C[C@@]2(CO[Si](c3ccccc3)(c3ccccc3)C(C)(C)C)O[CH-][C@@H]1[C@@H]2C.C=C1C[C@@]2(CO[Si](c3ccccc3)(c3ccccc3)C(C)(C)C)O[CH-][C@@H]1[C@@H]2O.C=C1C[C@@]2(CO[Si](c3ccccc3)(c3ccccc3)C(C)(C)C)O[CH-][C@@H]1[C@H]2O.CCN(CC)CC.F.F.F.[C-]#[N+]CCOP(C)O[C@@H]1[C@H]2[CH-]O[C@]1(CC)CC2=C.[U].[U].[U].[U].[U].[U]. The molecule has 12 aliphatic rings. The van der Waals surface area contributed by atoms with Gasteiger partial charge in [-0.2, -0.15) is 0 Å². The molecule has 6 heterocycles. The zero-order chi connectivity index (χ0) is 95.0. The van der Waals surface area contributed by atoms with E-state index in [1.54, 1.807) is 26.4 Å². The maximum absolute atomic E-state index is 10.8. The minimum absolute atomic E-state index is 0. The van der Waals surface area contributed by atoms with Gasteiger partial charge in [0.15, 0.2) is 8.38 Å². The van der Waals surface area contributed by atoms with Crippen LogP contribution in [0.5, 0.6) is 0 Å². The third-order valence-electron chi connectivity index (χ3n) is 29.8. The third-order valence-corrected chi connectivity index (χ3v) is 45.8. The minimum atomic E-state index is -2.65. The van der Waals surface area contributed by atoms with Crippen molar-refractivity contribution >= 4 is 64.4 Å². The second-order valence-electron chi connectivity index (χ2n) is 40.7. The van der Waals surface area contributed by atoms with E-state index in [2.05, 4.69) is 304 Å². The maximum atomic E-state index is 10.8. The first-order chi connectivity index (χ1) is 62.3. The number of benzene rings is 6. The van der Waals surface area contributed by atoms with E-state index in [1.807, 2.05) is 51.1 Å². The van der Waals surface area contributed by atoms with E-state index in [0.717, 1.165) is 54.4 Å². The van der Waals surface area contributed by atoms with E-state index in [0.29, 0.717) is 64.1 Å². The number of aliphatic hydroxyl groups is 5. The molecule has 1 unspecified atom stereocenters. The summed E-state index contributed by atoms with van der Waals surface area (Å²) in [7, 11) is -8.79. The molecule has 6 aromatic carbocycles. The molecule has 18 nitrogen and oxygen atoms in total. The summed E-state index contributed by atoms with van der Waals surface area (Å²) < 4.78 is 67.2. The summed E-state index contributed by atoms with van der Waals surface area (Å²) in [6, 6.07) is 63.8. The zero-order valence-electron chi connectivity index (χ0n) is 84.8. The van der Waals surface area contributed by atoms with Gasteiger partial charge in [-0.05, 0) is 123 Å². The van der Waals surface area contributed by atoms with E-state index in [9.17, 15) is 20.4 Å². The Kier molecular flexibility index (Phi) is 54.6. The van der Waals surface area contributed by atoms with Gasteiger partial charge >= 0.3 is 0 Å². The molecular weight excluding hydrogens is 3190 g/mol. The van der Waals surface area contributed by atoms with Gasteiger partial charge in [-0.3, -0.25) is 14.1 Å². The number of ether oxygens (including phenoxy) is 6. The summed E-state index contributed by atoms with van der Waals surface area (Å²) in [4.78, 5) is 5.63. The van der Waals surface area contributed by atoms with Crippen LogP contribution in [-0.2, 0) is 50.7 Å². The number of fused-ring (bicyclic) bond motifs is 12. The third kappa shape index (κ3) is 27.6. The fourth-order valence-electron chi connectivity index (χ4n) is 21.9. The largest absolute Gasteiger partial charge is 0.545 e. The molecule has 0 aromatic heterocycles. The number of halogens is 3. The quantitative estimate of drug-likeness (QED) is 0.0112. The van der Waals surface area contributed by atoms with Crippen molar-refractivity contribution in [2.75, 3.05) is 65.9 Å². The van der Waals surface area contributed by atoms with Gasteiger partial charge < -0.3 is 86.0 Å². The standard InChI is InChI=1S/C25H31O2Si.2C24H29O3Si.C13H19NO3P.C9H13O2.C8H11O3.C6H15N.3FH.6U/c1-19-16-25(20(2)23(19)17-26-25)18-27-28(24(3,4)5,21-12-8-6-9-13-21)22-14-10-7-11-15-22;2*1-18-15-24(22(25)21(18)16-26-24)17-27-28(23(2,3)4,19-11-7-5-8-12-19)20-13-9-6-10-14-20;1-5-13-8-10(2)11(9-15-13)12(13)17-18(4)16-7-6-14-3;1-3-9-4-6(2)7(5-11-9)8(9)10;1-5-2-8(4-9)7(10)6(5)3-11-8;1-4-7(5-2)6-3;;;;;;;;;/h6-15,17,20,23H,1,16,18H2,2-5H3;2*5-14,16,21-22,25H,1,15,17H2,2-4H3;9,11-12H,2,5-8H2,1,4H3;5,7-8,10H,2-4H2,1H3;3,6-7,9-10H,1-2,4H2;4-6H2,1-3H3;3*1H;;;;;;/q6*-1;;;;;;;;;;/t20-,23-,25-;21-,22+,24-;21-,22-,24-;11-,12+,13+,18?;7-,8+,9+;6-,7+,8-;;;;;;;;;;/m000000........../s1. The molecule has 31 heteroatoms. The molecule has 0 spiro atoms. The maximum Gasteiger partial charge on any atom is 0.261 e. The summed E-state index contributed by atoms with van der Waals surface area (Å²) in [6.45, 7) is 82.7. The fourth-order valence-corrected chi connectivity index (χ4v) is 36.8. The van der Waals surface area contributed by atoms with Crippen molar-refractivity contribution in [3.05, 3.63) is 306 Å². The second kappa shape index (κ2) is 57.1. The van der Waals surface area contributed by atoms with Gasteiger partial charge in [-0.15, -0.1) is 45.4 Å². The van der Waals surface area contributed by atoms with Crippen molar-refractivity contribution < 1.29 is 277 Å². The first-order valence-electron chi connectivity index (χ1n) is 47.1. The van der Waals surface area contributed by atoms with Crippen LogP contribution in [0.4, 0.5) is 14.1 Å². The first kappa shape index (κ1) is 134. The van der Waals surface area contributed by atoms with Crippen molar-refractivity contribution in [2.45, 2.75) is 234 Å². The molecule has 6 saturated heterocycles. The topological polar surface area (TPSA) is 210 Å². The zero-order valence-corrected chi connectivity index (χ0v) is 114. The van der Waals surface area contributed by atoms with Gasteiger partial charge in [0, 0.05) is 193 Å². The van der Waals surface area contributed by atoms with Crippen LogP contribution in [0.3, 0.4) is 0 Å². The molecular formula is C109H150F3N2O16PSi3U6-6. The van der Waals surface area contributed by atoms with Crippen LogP contribution < -0.4 is 31.1 Å². The summed E-state index contributed by atoms with van der Waals surface area (Å²) in [6.07, 6.45) is 4.15. The van der Waals surface area contributed by atoms with Gasteiger partial charge in [0.2, 0.25) is 6.54 Å². The smallest absolute Gasteiger partial charge is 0.261 e. The monoisotopic (exact) mass is 3340 g/mol. The number of hydrogen-bond acceptors (Lipinski definition) is 17. The summed E-state index contributed by atoms with van der Waals surface area (Å²) >= 11 is 0. The summed E-state index contributed by atoms with van der Waals surface area (Å²) in [5.74, 6) is 0.836. The Morgan fingerprint density at radius 3 is 0.843 bits per heavy atom. The second-order valence-corrected chi connectivity index (χ2v) is 54.9. The average Bonchev–Trinajstić information content (AvgIpc) is 1.54. The molecule has 760 valence electrons. The molecule has 19 atom stereocenters. The van der Waals surface area contributed by atoms with Crippen LogP contribution in [0.2, 0.25) is 15.1 Å². The van der Waals surface area contributed by atoms with Crippen LogP contribution in [0.1, 0.15) is 155 Å². The van der Waals surface area contributed by atoms with E-state index >= 15 is 0 Å². The van der Waals surface area contributed by atoms with Gasteiger partial charge in [-0.25, -0.2) is 46.2 Å². The Morgan fingerprint density at radius 2 is 0.621 bits per heavy atom. The number of nitrogens with zero attached hydrogens (tertiary/aromatic N) is 2. The molecule has 12 fully saturated rings. The van der Waals surface area contributed by atoms with Gasteiger partial charge in [-0.1, -0.05) is 349 Å². The van der Waals surface area contributed by atoms with Crippen molar-refractivity contribution in [1.82, 2.24) is 4.90 Å². The molecule has 6 aromatic rings. The van der Waals surface area contributed by atoms with Gasteiger partial charge in [0.05, 0.1) is 90.6 Å². The normalized spacial score (nSPS) is 29.2. The van der Waals surface area contributed by atoms with E-state index in [4.69, 9.17) is 62.4 Å². The van der Waals surface area contributed by atoms with Crippen LogP contribution in [0.15, 0.2) is 255 Å². The van der Waals surface area contributed by atoms with Gasteiger partial charge in [0.25, 0.3) is 25.0 Å². The van der Waals surface area contributed by atoms with E-state index in [-0.39, 0.29) is 281 Å². The Hall–Kier alpha value is -0.248. The predicted octanol–water partition coefficient (Wildman–Crippen LogP) is 17.6. The Balaban J connectivity index is 0.000000432. The van der Waals surface area contributed by atoms with Crippen LogP contribution in [0.25, 0.3) is 4.85 Å². The Labute approximate surface area is 981 Å². The Morgan fingerprint density at radius 1 is 0.386 bits per heavy atom. The molecule has 6 aliphatic carbocycles. The number of rotatable bonds is 26. The van der Waals surface area contributed by atoms with E-state index in [1.165, 1.54) is 61.9 Å². The number of hydrogen-bond donors (Lipinski definition) is 5. The summed E-state index contributed by atoms with van der Waals surface area (Å²) in [5, 5.41) is 57.2. The van der Waals surface area contributed by atoms with E-state index < -0.39 is 68.4 Å². The Bertz CT molecular complexity index is 4400. The fraction of sp³-hybridized carbons (Fsp3) is 0.495.